The monoisotopic (exact) mass is 358 g/mol. The summed E-state index contributed by atoms with van der Waals surface area (Å²) in [6.07, 6.45) is -16.9. The first-order valence-corrected chi connectivity index (χ1v) is 4.56. The Morgan fingerprint density at radius 2 is 1.27 bits per heavy atom. The molecule has 0 fully saturated rings. The summed E-state index contributed by atoms with van der Waals surface area (Å²) in [5.74, 6) is -16.7. The minimum absolute atomic E-state index is 2.11. The highest BCUT2D eigenvalue weighted by Crippen LogP contribution is 2.47. The van der Waals surface area contributed by atoms with E-state index in [-0.39, 0.29) is 0 Å². The van der Waals surface area contributed by atoms with Gasteiger partial charge in [0.05, 0.1) is 0 Å². The Kier molecular flexibility index (Phi) is 5.44. The molecule has 0 unspecified atom stereocenters. The molecule has 2 nitrogen and oxygen atoms in total. The zero-order chi connectivity index (χ0) is 18.1. The molecule has 0 atom stereocenters. The first kappa shape index (κ1) is 20.4. The molecule has 0 aliphatic rings. The van der Waals surface area contributed by atoms with Gasteiger partial charge >= 0.3 is 30.1 Å². The average molecular weight is 358 g/mol. The minimum atomic E-state index is -6.80. The van der Waals surface area contributed by atoms with E-state index in [9.17, 15) is 57.5 Å². The normalized spacial score (nSPS) is 13.8. The fourth-order valence-corrected chi connectivity index (χ4v) is 0.828. The second-order valence-electron chi connectivity index (χ2n) is 3.45. The lowest BCUT2D eigenvalue weighted by Gasteiger charge is -2.30. The number of carbonyl (C=O) groups is 1. The maximum absolute atomic E-state index is 12.7. The number of halogens is 12. The summed E-state index contributed by atoms with van der Waals surface area (Å²) in [6.45, 7) is -3.40. The molecule has 0 amide bonds. The lowest BCUT2D eigenvalue weighted by atomic mass is 10.1. The number of carbonyl (C=O) groups excluding carboxylic acids is 1. The van der Waals surface area contributed by atoms with Crippen LogP contribution in [0.5, 0.6) is 0 Å². The van der Waals surface area contributed by atoms with Crippen LogP contribution in [0.4, 0.5) is 52.7 Å². The van der Waals surface area contributed by atoms with Crippen molar-refractivity contribution in [1.82, 2.24) is 0 Å². The fourth-order valence-electron chi connectivity index (χ4n) is 0.828. The van der Waals surface area contributed by atoms with Crippen molar-refractivity contribution >= 4 is 5.97 Å². The summed E-state index contributed by atoms with van der Waals surface area (Å²) in [7, 11) is 0. The smallest absolute Gasteiger partial charge is 0.392 e. The molecule has 0 heterocycles. The van der Waals surface area contributed by atoms with E-state index in [0.717, 1.165) is 0 Å². The Hall–Kier alpha value is -1.63. The molecule has 22 heavy (non-hydrogen) atoms. The molecule has 0 spiro atoms. The van der Waals surface area contributed by atoms with Gasteiger partial charge < -0.3 is 4.74 Å². The van der Waals surface area contributed by atoms with Gasteiger partial charge in [0.15, 0.2) is 6.67 Å². The van der Waals surface area contributed by atoms with Gasteiger partial charge in [-0.3, -0.25) is 0 Å². The maximum Gasteiger partial charge on any atom is 0.473 e. The van der Waals surface area contributed by atoms with Gasteiger partial charge in [-0.25, -0.2) is 9.18 Å². The maximum atomic E-state index is 12.7. The van der Waals surface area contributed by atoms with Crippen LogP contribution in [-0.4, -0.2) is 36.8 Å². The zero-order valence-electron chi connectivity index (χ0n) is 9.56. The van der Waals surface area contributed by atoms with E-state index in [1.165, 1.54) is 0 Å². The second kappa shape index (κ2) is 5.87. The molecular weight excluding hydrogens is 356 g/mol. The third kappa shape index (κ3) is 3.76. The van der Waals surface area contributed by atoms with Gasteiger partial charge in [-0.1, -0.05) is 0 Å². The summed E-state index contributed by atoms with van der Waals surface area (Å²) in [5, 5.41) is 0. The van der Waals surface area contributed by atoms with Gasteiger partial charge in [0.2, 0.25) is 5.57 Å². The van der Waals surface area contributed by atoms with Crippen LogP contribution < -0.4 is 0 Å². The summed E-state index contributed by atoms with van der Waals surface area (Å²) in [4.78, 5) is 10.5. The molecule has 0 aromatic carbocycles. The summed E-state index contributed by atoms with van der Waals surface area (Å²) in [6, 6.07) is 0. The summed E-state index contributed by atoms with van der Waals surface area (Å²) >= 11 is 0. The van der Waals surface area contributed by atoms with Crippen molar-refractivity contribution in [3.8, 4) is 0 Å². The van der Waals surface area contributed by atoms with Crippen molar-refractivity contribution in [2.75, 3.05) is 6.67 Å². The molecule has 14 heteroatoms. The van der Waals surface area contributed by atoms with E-state index in [1.54, 1.807) is 0 Å². The Morgan fingerprint density at radius 3 is 1.55 bits per heavy atom. The van der Waals surface area contributed by atoms with E-state index in [1.807, 2.05) is 0 Å². The molecule has 0 aliphatic carbocycles. The SMILES string of the molecule is O=C(OC(F)(F)C(F)(F)C(F)(F)CF)C(=C(F)F)C(F)(F)F. The number of hydrogen-bond acceptors (Lipinski definition) is 2. The van der Waals surface area contributed by atoms with Crippen LogP contribution in [0.25, 0.3) is 0 Å². The highest BCUT2D eigenvalue weighted by molar-refractivity contribution is 5.90. The van der Waals surface area contributed by atoms with Crippen molar-refractivity contribution in [2.45, 2.75) is 24.1 Å². The van der Waals surface area contributed by atoms with E-state index in [2.05, 4.69) is 4.74 Å². The minimum Gasteiger partial charge on any atom is -0.392 e. The van der Waals surface area contributed by atoms with Crippen LogP contribution in [-0.2, 0) is 9.53 Å². The van der Waals surface area contributed by atoms with Gasteiger partial charge in [-0.15, -0.1) is 0 Å². The standard InChI is InChI=1S/C8H2F12O2/c9-1-5(12,13)7(17,18)8(19,20)22-4(21)2(3(10)11)6(14,15)16/h1H2. The molecule has 0 N–H and O–H groups in total. The Balaban J connectivity index is 5.65. The molecule has 0 saturated carbocycles. The van der Waals surface area contributed by atoms with Crippen molar-refractivity contribution in [3.63, 3.8) is 0 Å². The van der Waals surface area contributed by atoms with Crippen molar-refractivity contribution < 1.29 is 62.2 Å². The molecule has 0 rings (SSSR count). The lowest BCUT2D eigenvalue weighted by Crippen LogP contribution is -2.57. The molecule has 130 valence electrons. The summed E-state index contributed by atoms with van der Waals surface area (Å²) in [5.41, 5.74) is -3.70. The number of hydrogen-bond donors (Lipinski definition) is 0. The number of rotatable bonds is 5. The van der Waals surface area contributed by atoms with E-state index in [4.69, 9.17) is 0 Å². The van der Waals surface area contributed by atoms with Gasteiger partial charge in [0, 0.05) is 0 Å². The number of alkyl halides is 10. The predicted octanol–water partition coefficient (Wildman–Crippen LogP) is 4.08. The van der Waals surface area contributed by atoms with Crippen LogP contribution >= 0.6 is 0 Å². The topological polar surface area (TPSA) is 26.3 Å². The molecule has 0 radical (unpaired) electrons. The van der Waals surface area contributed by atoms with Gasteiger partial charge in [0.25, 0.3) is 6.08 Å². The van der Waals surface area contributed by atoms with Crippen molar-refractivity contribution in [1.29, 1.82) is 0 Å². The van der Waals surface area contributed by atoms with E-state index >= 15 is 0 Å². The van der Waals surface area contributed by atoms with Gasteiger partial charge in [-0.05, 0) is 0 Å². The molecular formula is C8H2F12O2. The third-order valence-corrected chi connectivity index (χ3v) is 1.89. The quantitative estimate of drug-likeness (QED) is 0.421. The van der Waals surface area contributed by atoms with Crippen LogP contribution in [0.1, 0.15) is 0 Å². The lowest BCUT2D eigenvalue weighted by molar-refractivity contribution is -0.385. The molecule has 0 bridgehead atoms. The van der Waals surface area contributed by atoms with E-state index in [0.29, 0.717) is 0 Å². The van der Waals surface area contributed by atoms with E-state index < -0.39 is 48.4 Å². The highest BCUT2D eigenvalue weighted by atomic mass is 19.4. The highest BCUT2D eigenvalue weighted by Gasteiger charge is 2.75. The van der Waals surface area contributed by atoms with Crippen molar-refractivity contribution in [3.05, 3.63) is 11.7 Å². The third-order valence-electron chi connectivity index (χ3n) is 1.89. The van der Waals surface area contributed by atoms with Gasteiger partial charge in [0.1, 0.15) is 0 Å². The average Bonchev–Trinajstić information content (AvgIpc) is 2.24. The van der Waals surface area contributed by atoms with Gasteiger partial charge in [-0.2, -0.15) is 48.3 Å². The van der Waals surface area contributed by atoms with Crippen LogP contribution in [0, 0.1) is 0 Å². The number of ether oxygens (including phenoxy) is 1. The van der Waals surface area contributed by atoms with Crippen LogP contribution in [0.15, 0.2) is 11.7 Å². The molecule has 0 aliphatic heterocycles. The zero-order valence-corrected chi connectivity index (χ0v) is 9.56. The first-order valence-electron chi connectivity index (χ1n) is 4.56. The fraction of sp³-hybridized carbons (Fsp3) is 0.625. The van der Waals surface area contributed by atoms with Crippen LogP contribution in [0.3, 0.4) is 0 Å². The Labute approximate surface area is 112 Å². The number of esters is 1. The second-order valence-corrected chi connectivity index (χ2v) is 3.45. The predicted molar refractivity (Wildman–Crippen MR) is 42.2 cm³/mol. The Morgan fingerprint density at radius 1 is 0.864 bits per heavy atom. The Bertz CT molecular complexity index is 458. The molecule has 0 aromatic rings. The van der Waals surface area contributed by atoms with Crippen molar-refractivity contribution in [2.24, 2.45) is 0 Å². The van der Waals surface area contributed by atoms with Crippen LogP contribution in [0.2, 0.25) is 0 Å². The summed E-state index contributed by atoms with van der Waals surface area (Å²) < 4.78 is 148. The molecule has 0 saturated heterocycles. The first-order chi connectivity index (χ1) is 9.51. The molecule has 0 aromatic heterocycles. The largest absolute Gasteiger partial charge is 0.473 e.